The fourth-order valence-electron chi connectivity index (χ4n) is 4.48. The van der Waals surface area contributed by atoms with Gasteiger partial charge in [-0.2, -0.15) is 0 Å². The maximum absolute atomic E-state index is 13.5. The van der Waals surface area contributed by atoms with Gasteiger partial charge >= 0.3 is 0 Å². The summed E-state index contributed by atoms with van der Waals surface area (Å²) in [7, 11) is 5.01. The Kier molecular flexibility index (Phi) is 10.5. The van der Waals surface area contributed by atoms with Crippen LogP contribution in [0.2, 0.25) is 0 Å². The van der Waals surface area contributed by atoms with Gasteiger partial charge in [-0.3, -0.25) is 9.69 Å². The Hall–Kier alpha value is -3.01. The van der Waals surface area contributed by atoms with Crippen molar-refractivity contribution in [1.29, 1.82) is 0 Å². The van der Waals surface area contributed by atoms with Crippen LogP contribution in [0.1, 0.15) is 60.5 Å². The number of nitrogens with zero attached hydrogens (tertiary/aromatic N) is 2. The predicted octanol–water partition coefficient (Wildman–Crippen LogP) is 4.96. The van der Waals surface area contributed by atoms with Crippen molar-refractivity contribution >= 4 is 5.91 Å². The number of hydrogen-bond donors (Lipinski definition) is 0. The van der Waals surface area contributed by atoms with Gasteiger partial charge in [-0.1, -0.05) is 49.1 Å². The van der Waals surface area contributed by atoms with Gasteiger partial charge in [0.05, 0.1) is 32.6 Å². The highest BCUT2D eigenvalue weighted by Gasteiger charge is 2.31. The second-order valence-electron chi connectivity index (χ2n) is 8.72. The molecule has 6 nitrogen and oxygen atoms in total. The van der Waals surface area contributed by atoms with Gasteiger partial charge in [-0.15, -0.1) is 0 Å². The van der Waals surface area contributed by atoms with Crippen molar-refractivity contribution in [2.75, 3.05) is 41.0 Å². The van der Waals surface area contributed by atoms with E-state index in [-0.39, 0.29) is 12.1 Å². The molecule has 1 saturated heterocycles. The number of carbonyl (C=O) groups excluding carboxylic acids is 1. The van der Waals surface area contributed by atoms with E-state index in [1.165, 1.54) is 5.56 Å². The van der Waals surface area contributed by atoms with Gasteiger partial charge < -0.3 is 19.1 Å². The average Bonchev–Trinajstić information content (AvgIpc) is 3.38. The van der Waals surface area contributed by atoms with E-state index >= 15 is 0 Å². The molecule has 0 aliphatic carbocycles. The molecule has 188 valence electrons. The Bertz CT molecular complexity index is 1010. The first-order valence-electron chi connectivity index (χ1n) is 12.5. The molecular formula is C29H38N2O4. The first kappa shape index (κ1) is 26.6. The molecule has 2 aromatic carbocycles. The van der Waals surface area contributed by atoms with E-state index in [4.69, 9.17) is 14.2 Å². The Morgan fingerprint density at radius 1 is 1.14 bits per heavy atom. The van der Waals surface area contributed by atoms with E-state index in [0.29, 0.717) is 30.3 Å². The summed E-state index contributed by atoms with van der Waals surface area (Å²) in [6, 6.07) is 13.8. The normalized spacial score (nSPS) is 15.4. The zero-order valence-corrected chi connectivity index (χ0v) is 21.5. The van der Waals surface area contributed by atoms with Crippen molar-refractivity contribution in [1.82, 2.24) is 9.80 Å². The summed E-state index contributed by atoms with van der Waals surface area (Å²) in [6.45, 7) is 5.42. The lowest BCUT2D eigenvalue weighted by atomic mass is 10.1. The molecule has 6 heteroatoms. The Morgan fingerprint density at radius 2 is 1.94 bits per heavy atom. The van der Waals surface area contributed by atoms with Crippen LogP contribution in [-0.2, 0) is 11.3 Å². The maximum atomic E-state index is 13.5. The van der Waals surface area contributed by atoms with Crippen LogP contribution in [0, 0.1) is 11.8 Å². The molecule has 0 bridgehead atoms. The summed E-state index contributed by atoms with van der Waals surface area (Å²) in [5.41, 5.74) is 2.42. The fourth-order valence-corrected chi connectivity index (χ4v) is 4.48. The van der Waals surface area contributed by atoms with Crippen molar-refractivity contribution < 1.29 is 19.0 Å². The van der Waals surface area contributed by atoms with Crippen molar-refractivity contribution in [2.24, 2.45) is 0 Å². The molecule has 35 heavy (non-hydrogen) atoms. The number of likely N-dealkylation sites (tertiary alicyclic amines) is 1. The molecule has 0 aromatic heterocycles. The van der Waals surface area contributed by atoms with Crippen molar-refractivity contribution in [3.8, 4) is 23.3 Å². The highest BCUT2D eigenvalue weighted by atomic mass is 16.5. The number of methoxy groups -OCH3 is 2. The summed E-state index contributed by atoms with van der Waals surface area (Å²) >= 11 is 0. The quantitative estimate of drug-likeness (QED) is 0.338. The topological polar surface area (TPSA) is 51.2 Å². The SMILES string of the molecule is CCN1CCCC1N(C)C(=O)c1cc(C#CCCCCOCc2ccccc2)cc(OC)c1OC. The summed E-state index contributed by atoms with van der Waals surface area (Å²) in [5.74, 6) is 7.32. The fraction of sp³-hybridized carbons (Fsp3) is 0.483. The van der Waals surface area contributed by atoms with E-state index in [1.54, 1.807) is 14.2 Å². The predicted molar refractivity (Wildman–Crippen MR) is 139 cm³/mol. The van der Waals surface area contributed by atoms with Gasteiger partial charge in [-0.05, 0) is 49.9 Å². The highest BCUT2D eigenvalue weighted by Crippen LogP contribution is 2.34. The van der Waals surface area contributed by atoms with Crippen LogP contribution in [0.25, 0.3) is 0 Å². The van der Waals surface area contributed by atoms with Gasteiger partial charge in [0.1, 0.15) is 0 Å². The largest absolute Gasteiger partial charge is 0.493 e. The number of carbonyl (C=O) groups is 1. The number of benzene rings is 2. The second kappa shape index (κ2) is 13.8. The molecule has 0 saturated carbocycles. The van der Waals surface area contributed by atoms with Crippen LogP contribution in [0.5, 0.6) is 11.5 Å². The van der Waals surface area contributed by atoms with Gasteiger partial charge in [-0.25, -0.2) is 0 Å². The van der Waals surface area contributed by atoms with Crippen LogP contribution in [-0.4, -0.2) is 62.8 Å². The molecule has 1 amide bonds. The third kappa shape index (κ3) is 7.24. The lowest BCUT2D eigenvalue weighted by Gasteiger charge is -2.32. The van der Waals surface area contributed by atoms with Crippen molar-refractivity contribution in [2.45, 2.75) is 51.8 Å². The molecule has 1 fully saturated rings. The summed E-state index contributed by atoms with van der Waals surface area (Å²) in [4.78, 5) is 17.6. The minimum atomic E-state index is -0.0790. The first-order chi connectivity index (χ1) is 17.1. The molecule has 0 N–H and O–H groups in total. The van der Waals surface area contributed by atoms with Crippen LogP contribution in [0.3, 0.4) is 0 Å². The van der Waals surface area contributed by atoms with Gasteiger partial charge in [0.2, 0.25) is 0 Å². The second-order valence-corrected chi connectivity index (χ2v) is 8.72. The molecule has 1 aliphatic heterocycles. The number of hydrogen-bond acceptors (Lipinski definition) is 5. The highest BCUT2D eigenvalue weighted by molar-refractivity contribution is 5.98. The van der Waals surface area contributed by atoms with Crippen LogP contribution < -0.4 is 9.47 Å². The minimum absolute atomic E-state index is 0.0790. The number of rotatable bonds is 11. The third-order valence-corrected chi connectivity index (χ3v) is 6.40. The molecule has 1 heterocycles. The summed E-state index contributed by atoms with van der Waals surface area (Å²) in [5, 5.41) is 0. The number of amides is 1. The molecule has 0 spiro atoms. The first-order valence-corrected chi connectivity index (χ1v) is 12.5. The zero-order chi connectivity index (χ0) is 25.0. The minimum Gasteiger partial charge on any atom is -0.493 e. The van der Waals surface area contributed by atoms with E-state index < -0.39 is 0 Å². The number of unbranched alkanes of at least 4 members (excludes halogenated alkanes) is 2. The molecule has 3 rings (SSSR count). The molecule has 2 aromatic rings. The Balaban J connectivity index is 1.60. The lowest BCUT2D eigenvalue weighted by molar-refractivity contribution is 0.0544. The van der Waals surface area contributed by atoms with Gasteiger partial charge in [0.25, 0.3) is 5.91 Å². The van der Waals surface area contributed by atoms with E-state index in [2.05, 4.69) is 35.8 Å². The summed E-state index contributed by atoms with van der Waals surface area (Å²) in [6.07, 6.45) is 4.85. The molecular weight excluding hydrogens is 440 g/mol. The van der Waals surface area contributed by atoms with E-state index in [1.807, 2.05) is 42.3 Å². The van der Waals surface area contributed by atoms with Gasteiger partial charge in [0, 0.05) is 32.2 Å². The van der Waals surface area contributed by atoms with Crippen molar-refractivity contribution in [3.05, 3.63) is 59.2 Å². The van der Waals surface area contributed by atoms with E-state index in [9.17, 15) is 4.79 Å². The lowest BCUT2D eigenvalue weighted by Crippen LogP contribution is -2.45. The zero-order valence-electron chi connectivity index (χ0n) is 21.5. The monoisotopic (exact) mass is 478 g/mol. The third-order valence-electron chi connectivity index (χ3n) is 6.40. The summed E-state index contributed by atoms with van der Waals surface area (Å²) < 4.78 is 16.8. The van der Waals surface area contributed by atoms with Gasteiger partial charge in [0.15, 0.2) is 11.5 Å². The number of ether oxygens (including phenoxy) is 3. The molecule has 1 atom stereocenters. The average molecular weight is 479 g/mol. The van der Waals surface area contributed by atoms with Crippen LogP contribution in [0.15, 0.2) is 42.5 Å². The molecule has 1 unspecified atom stereocenters. The van der Waals surface area contributed by atoms with Crippen LogP contribution >= 0.6 is 0 Å². The molecule has 1 aliphatic rings. The van der Waals surface area contributed by atoms with Crippen LogP contribution in [0.4, 0.5) is 0 Å². The smallest absolute Gasteiger partial charge is 0.258 e. The Labute approximate surface area is 210 Å². The molecule has 0 radical (unpaired) electrons. The maximum Gasteiger partial charge on any atom is 0.258 e. The van der Waals surface area contributed by atoms with Crippen molar-refractivity contribution in [3.63, 3.8) is 0 Å². The standard InChI is InChI=1S/C29H38N2O4/c1-5-31-18-13-17-27(31)30(2)29(32)25-20-24(21-26(33-3)28(25)34-4)16-9-6-7-12-19-35-22-23-14-10-8-11-15-23/h8,10-11,14-15,20-21,27H,5-7,12-13,17-19,22H2,1-4H3. The Morgan fingerprint density at radius 3 is 2.66 bits per heavy atom. The van der Waals surface area contributed by atoms with E-state index in [0.717, 1.165) is 50.8 Å².